The molecule has 1 aliphatic rings. The van der Waals surface area contributed by atoms with Crippen LogP contribution < -0.4 is 5.32 Å². The Hall–Kier alpha value is -0.550. The lowest BCUT2D eigenvalue weighted by Crippen LogP contribution is -2.41. The van der Waals surface area contributed by atoms with E-state index >= 15 is 0 Å². The smallest absolute Gasteiger partial charge is 0.104 e. The Kier molecular flexibility index (Phi) is 3.11. The minimum atomic E-state index is -0.267. The van der Waals surface area contributed by atoms with Crippen molar-refractivity contribution in [1.29, 1.82) is 5.26 Å². The molecule has 2 heteroatoms. The predicted molar refractivity (Wildman–Crippen MR) is 49.7 cm³/mol. The molecule has 2 nitrogen and oxygen atoms in total. The summed E-state index contributed by atoms with van der Waals surface area (Å²) in [6, 6.07) is 2.37. The Balaban J connectivity index is 2.32. The fraction of sp³-hybridized carbons (Fsp3) is 0.900. The standard InChI is InChI=1S/C10H18N2/c1-3-6-12-10(2,8-11)7-9-4-5-9/h9,12H,3-7H2,1-2H3. The van der Waals surface area contributed by atoms with Gasteiger partial charge < -0.3 is 0 Å². The zero-order valence-corrected chi connectivity index (χ0v) is 8.06. The molecule has 0 aromatic carbocycles. The highest BCUT2D eigenvalue weighted by Crippen LogP contribution is 2.36. The molecule has 0 aliphatic heterocycles. The maximum atomic E-state index is 8.98. The van der Waals surface area contributed by atoms with Gasteiger partial charge in [0.1, 0.15) is 5.54 Å². The van der Waals surface area contributed by atoms with Crippen LogP contribution in [-0.2, 0) is 0 Å². The van der Waals surface area contributed by atoms with Crippen LogP contribution in [0.5, 0.6) is 0 Å². The van der Waals surface area contributed by atoms with Gasteiger partial charge in [-0.1, -0.05) is 19.8 Å². The van der Waals surface area contributed by atoms with E-state index in [0.717, 1.165) is 25.3 Å². The van der Waals surface area contributed by atoms with Crippen LogP contribution in [0.4, 0.5) is 0 Å². The molecule has 0 saturated heterocycles. The molecule has 1 aliphatic carbocycles. The SMILES string of the molecule is CCCNC(C)(C#N)CC1CC1. The Morgan fingerprint density at radius 2 is 2.25 bits per heavy atom. The van der Waals surface area contributed by atoms with E-state index in [0.29, 0.717) is 0 Å². The predicted octanol–water partition coefficient (Wildman–Crippen LogP) is 2.07. The summed E-state index contributed by atoms with van der Waals surface area (Å²) in [6.07, 6.45) is 4.78. The summed E-state index contributed by atoms with van der Waals surface area (Å²) in [5.74, 6) is 0.819. The summed E-state index contributed by atoms with van der Waals surface area (Å²) < 4.78 is 0. The Bertz CT molecular complexity index is 179. The summed E-state index contributed by atoms with van der Waals surface area (Å²) in [7, 11) is 0. The van der Waals surface area contributed by atoms with Gasteiger partial charge in [0.05, 0.1) is 6.07 Å². The van der Waals surface area contributed by atoms with E-state index in [9.17, 15) is 0 Å². The summed E-state index contributed by atoms with van der Waals surface area (Å²) in [5, 5.41) is 12.3. The number of hydrogen-bond acceptors (Lipinski definition) is 2. The van der Waals surface area contributed by atoms with E-state index in [4.69, 9.17) is 5.26 Å². The van der Waals surface area contributed by atoms with Crippen LogP contribution in [0.3, 0.4) is 0 Å². The zero-order chi connectivity index (χ0) is 9.03. The van der Waals surface area contributed by atoms with Crippen molar-refractivity contribution in [3.05, 3.63) is 0 Å². The lowest BCUT2D eigenvalue weighted by Gasteiger charge is -2.22. The van der Waals surface area contributed by atoms with Crippen molar-refractivity contribution in [3.8, 4) is 6.07 Å². The Morgan fingerprint density at radius 1 is 1.58 bits per heavy atom. The number of nitrogens with zero attached hydrogens (tertiary/aromatic N) is 1. The molecule has 1 N–H and O–H groups in total. The second kappa shape index (κ2) is 3.91. The number of rotatable bonds is 5. The highest BCUT2D eigenvalue weighted by Gasteiger charge is 2.32. The van der Waals surface area contributed by atoms with Gasteiger partial charge in [-0.3, -0.25) is 5.32 Å². The molecule has 1 unspecified atom stereocenters. The van der Waals surface area contributed by atoms with Crippen LogP contribution in [0.1, 0.15) is 39.5 Å². The molecule has 12 heavy (non-hydrogen) atoms. The first-order valence-electron chi connectivity index (χ1n) is 4.86. The van der Waals surface area contributed by atoms with Gasteiger partial charge >= 0.3 is 0 Å². The first-order valence-corrected chi connectivity index (χ1v) is 4.86. The lowest BCUT2D eigenvalue weighted by molar-refractivity contribution is 0.398. The minimum Gasteiger partial charge on any atom is -0.300 e. The number of hydrogen-bond donors (Lipinski definition) is 1. The monoisotopic (exact) mass is 166 g/mol. The van der Waals surface area contributed by atoms with Gasteiger partial charge in [-0.25, -0.2) is 0 Å². The first-order chi connectivity index (χ1) is 5.70. The van der Waals surface area contributed by atoms with E-state index in [1.165, 1.54) is 12.8 Å². The highest BCUT2D eigenvalue weighted by atomic mass is 15.0. The minimum absolute atomic E-state index is 0.267. The van der Waals surface area contributed by atoms with E-state index in [1.54, 1.807) is 0 Å². The van der Waals surface area contributed by atoms with Crippen LogP contribution in [0.15, 0.2) is 0 Å². The van der Waals surface area contributed by atoms with Gasteiger partial charge in [-0.15, -0.1) is 0 Å². The number of nitrogens with one attached hydrogen (secondary N) is 1. The normalized spacial score (nSPS) is 21.4. The molecule has 0 radical (unpaired) electrons. The summed E-state index contributed by atoms with van der Waals surface area (Å²) >= 11 is 0. The Morgan fingerprint density at radius 3 is 2.67 bits per heavy atom. The van der Waals surface area contributed by atoms with E-state index in [-0.39, 0.29) is 5.54 Å². The summed E-state index contributed by atoms with van der Waals surface area (Å²) in [5.41, 5.74) is -0.267. The van der Waals surface area contributed by atoms with E-state index in [1.807, 2.05) is 6.92 Å². The Labute approximate surface area is 75.0 Å². The van der Waals surface area contributed by atoms with Gasteiger partial charge in [-0.2, -0.15) is 5.26 Å². The maximum absolute atomic E-state index is 8.98. The average molecular weight is 166 g/mol. The van der Waals surface area contributed by atoms with E-state index in [2.05, 4.69) is 18.3 Å². The third kappa shape index (κ3) is 2.83. The maximum Gasteiger partial charge on any atom is 0.104 e. The third-order valence-electron chi connectivity index (χ3n) is 2.41. The lowest BCUT2D eigenvalue weighted by atomic mass is 9.96. The highest BCUT2D eigenvalue weighted by molar-refractivity contribution is 5.06. The molecule has 1 rings (SSSR count). The number of nitriles is 1. The van der Waals surface area contributed by atoms with Crippen molar-refractivity contribution < 1.29 is 0 Å². The molecule has 1 saturated carbocycles. The molecule has 0 spiro atoms. The van der Waals surface area contributed by atoms with Crippen LogP contribution in [0.25, 0.3) is 0 Å². The second-order valence-corrected chi connectivity index (χ2v) is 4.02. The first kappa shape index (κ1) is 9.54. The van der Waals surface area contributed by atoms with Crippen LogP contribution in [0.2, 0.25) is 0 Å². The molecule has 68 valence electrons. The van der Waals surface area contributed by atoms with Gasteiger partial charge in [-0.05, 0) is 32.2 Å². The van der Waals surface area contributed by atoms with Gasteiger partial charge in [0.25, 0.3) is 0 Å². The average Bonchev–Trinajstić information content (AvgIpc) is 2.85. The molecule has 1 fully saturated rings. The molecule has 0 bridgehead atoms. The van der Waals surface area contributed by atoms with Crippen molar-refractivity contribution in [2.45, 2.75) is 45.1 Å². The zero-order valence-electron chi connectivity index (χ0n) is 8.06. The molecule has 0 amide bonds. The van der Waals surface area contributed by atoms with E-state index < -0.39 is 0 Å². The van der Waals surface area contributed by atoms with Gasteiger partial charge in [0, 0.05) is 0 Å². The molecule has 1 atom stereocenters. The van der Waals surface area contributed by atoms with Crippen molar-refractivity contribution in [2.24, 2.45) is 5.92 Å². The molecular formula is C10H18N2. The molecule has 0 heterocycles. The van der Waals surface area contributed by atoms with Crippen LogP contribution in [-0.4, -0.2) is 12.1 Å². The van der Waals surface area contributed by atoms with Gasteiger partial charge in [0.2, 0.25) is 0 Å². The van der Waals surface area contributed by atoms with Gasteiger partial charge in [0.15, 0.2) is 0 Å². The van der Waals surface area contributed by atoms with Crippen molar-refractivity contribution >= 4 is 0 Å². The van der Waals surface area contributed by atoms with Crippen LogP contribution in [0, 0.1) is 17.2 Å². The van der Waals surface area contributed by atoms with Crippen molar-refractivity contribution in [3.63, 3.8) is 0 Å². The fourth-order valence-corrected chi connectivity index (χ4v) is 1.46. The second-order valence-electron chi connectivity index (χ2n) is 4.02. The summed E-state index contributed by atoms with van der Waals surface area (Å²) in [6.45, 7) is 5.10. The fourth-order valence-electron chi connectivity index (χ4n) is 1.46. The largest absolute Gasteiger partial charge is 0.300 e. The topological polar surface area (TPSA) is 35.8 Å². The molecular weight excluding hydrogens is 148 g/mol. The van der Waals surface area contributed by atoms with Crippen molar-refractivity contribution in [1.82, 2.24) is 5.32 Å². The third-order valence-corrected chi connectivity index (χ3v) is 2.41. The molecule has 0 aromatic rings. The van der Waals surface area contributed by atoms with Crippen LogP contribution >= 0.6 is 0 Å². The summed E-state index contributed by atoms with van der Waals surface area (Å²) in [4.78, 5) is 0. The van der Waals surface area contributed by atoms with Crippen molar-refractivity contribution in [2.75, 3.05) is 6.54 Å². The molecule has 0 aromatic heterocycles. The quantitative estimate of drug-likeness (QED) is 0.678.